The number of hydrogen-bond acceptors (Lipinski definition) is 9. The van der Waals surface area contributed by atoms with Crippen molar-refractivity contribution < 1.29 is 33.6 Å². The average Bonchev–Trinajstić information content (AvgIpc) is 3.61. The number of epoxide rings is 1. The van der Waals surface area contributed by atoms with Crippen LogP contribution < -0.4 is 11.1 Å². The second-order valence-electron chi connectivity index (χ2n) is 14.7. The van der Waals surface area contributed by atoms with Crippen LogP contribution in [0.5, 0.6) is 0 Å². The van der Waals surface area contributed by atoms with Gasteiger partial charge in [0.1, 0.15) is 17.5 Å². The van der Waals surface area contributed by atoms with Crippen LogP contribution in [0.2, 0.25) is 0 Å². The van der Waals surface area contributed by atoms with E-state index in [-0.39, 0.29) is 60.1 Å². The standard InChI is InChI=1S/C31H48N2O7/c1-15-12-19(34)25-20(37-15)14-21-26(27(25)35)24-17-5-7-18(8-6-17)31(29(36)38-28(24)30(2,3)39-21)22(40-31)9-4-16-10-11-33-23(32)13-16/h15-18,20-28,33,35H,4-14,32H2,1-3H3. The summed E-state index contributed by atoms with van der Waals surface area (Å²) in [5.41, 5.74) is 4.55. The molecule has 2 bridgehead atoms. The SMILES string of the molecule is CC1CC(=O)C2C(CC3OC(C)(C)C4OC(=O)C5(OC5CCC5CCNC(N)C5)C5CCC(CC5)C4C3C2O)O1. The molecule has 8 aliphatic rings. The Morgan fingerprint density at radius 3 is 2.52 bits per heavy atom. The summed E-state index contributed by atoms with van der Waals surface area (Å²) in [6, 6.07) is 0. The highest BCUT2D eigenvalue weighted by Gasteiger charge is 2.71. The summed E-state index contributed by atoms with van der Waals surface area (Å²) in [6.45, 7) is 6.91. The lowest BCUT2D eigenvalue weighted by Gasteiger charge is -2.58. The quantitative estimate of drug-likeness (QED) is 0.352. The number of ether oxygens (including phenoxy) is 4. The number of aliphatic hydroxyl groups is 1. The number of piperidine rings is 1. The first-order valence-corrected chi connectivity index (χ1v) is 16.0. The van der Waals surface area contributed by atoms with Crippen LogP contribution in [0.4, 0.5) is 0 Å². The fraction of sp³-hybridized carbons (Fsp3) is 0.935. The third kappa shape index (κ3) is 4.41. The van der Waals surface area contributed by atoms with Gasteiger partial charge in [0.05, 0.1) is 42.6 Å². The second kappa shape index (κ2) is 9.98. The molecule has 224 valence electrons. The largest absolute Gasteiger partial charge is 0.457 e. The zero-order valence-electron chi connectivity index (χ0n) is 24.3. The topological polar surface area (TPSA) is 133 Å². The van der Waals surface area contributed by atoms with Crippen molar-refractivity contribution in [1.82, 2.24) is 5.32 Å². The molecule has 2 aliphatic carbocycles. The minimum absolute atomic E-state index is 0.0524. The number of carbonyl (C=O) groups is 2. The molecule has 6 saturated heterocycles. The molecule has 1 spiro atoms. The first-order valence-electron chi connectivity index (χ1n) is 16.0. The number of nitrogens with one attached hydrogen (secondary N) is 1. The smallest absolute Gasteiger partial charge is 0.341 e. The van der Waals surface area contributed by atoms with E-state index in [9.17, 15) is 14.7 Å². The lowest BCUT2D eigenvalue weighted by Crippen LogP contribution is -2.68. The summed E-state index contributed by atoms with van der Waals surface area (Å²) in [5.74, 6) is -0.000145. The molecule has 0 aromatic heterocycles. The Kier molecular flexibility index (Phi) is 6.92. The van der Waals surface area contributed by atoms with E-state index >= 15 is 0 Å². The minimum Gasteiger partial charge on any atom is -0.457 e. The van der Waals surface area contributed by atoms with Crippen LogP contribution >= 0.6 is 0 Å². The molecule has 6 heterocycles. The molecule has 8 fully saturated rings. The van der Waals surface area contributed by atoms with E-state index in [1.807, 2.05) is 20.8 Å². The van der Waals surface area contributed by atoms with Crippen molar-refractivity contribution in [3.8, 4) is 0 Å². The summed E-state index contributed by atoms with van der Waals surface area (Å²) in [7, 11) is 0. The van der Waals surface area contributed by atoms with E-state index in [1.165, 1.54) is 0 Å². The van der Waals surface area contributed by atoms with Crippen LogP contribution in [0.1, 0.15) is 85.0 Å². The zero-order valence-corrected chi connectivity index (χ0v) is 24.3. The summed E-state index contributed by atoms with van der Waals surface area (Å²) < 4.78 is 25.8. The average molecular weight is 561 g/mol. The molecule has 12 unspecified atom stereocenters. The number of carbonyl (C=O) groups excluding carboxylic acids is 2. The normalized spacial score (nSPS) is 53.4. The molecule has 8 rings (SSSR count). The summed E-state index contributed by atoms with van der Waals surface area (Å²) in [6.07, 6.45) is 6.55. The molecule has 0 amide bonds. The molecule has 12 atom stereocenters. The van der Waals surface area contributed by atoms with Gasteiger partial charge in [-0.25, -0.2) is 4.79 Å². The number of esters is 1. The van der Waals surface area contributed by atoms with Gasteiger partial charge in [-0.2, -0.15) is 0 Å². The molecule has 40 heavy (non-hydrogen) atoms. The molecule has 9 heteroatoms. The predicted molar refractivity (Wildman–Crippen MR) is 145 cm³/mol. The van der Waals surface area contributed by atoms with Crippen LogP contribution in [0, 0.1) is 35.5 Å². The van der Waals surface area contributed by atoms with Crippen molar-refractivity contribution in [2.75, 3.05) is 6.54 Å². The molecule has 6 aliphatic heterocycles. The van der Waals surface area contributed by atoms with Gasteiger partial charge in [-0.05, 0) is 90.5 Å². The molecule has 9 nitrogen and oxygen atoms in total. The third-order valence-corrected chi connectivity index (χ3v) is 11.9. The van der Waals surface area contributed by atoms with Gasteiger partial charge < -0.3 is 35.1 Å². The molecule has 0 radical (unpaired) electrons. The number of fused-ring (bicyclic) bond motifs is 5. The Balaban J connectivity index is 1.14. The van der Waals surface area contributed by atoms with Crippen LogP contribution in [0.25, 0.3) is 0 Å². The van der Waals surface area contributed by atoms with E-state index in [4.69, 9.17) is 24.7 Å². The van der Waals surface area contributed by atoms with Crippen LogP contribution in [-0.2, 0) is 28.5 Å². The van der Waals surface area contributed by atoms with Crippen LogP contribution in [0.15, 0.2) is 0 Å². The third-order valence-electron chi connectivity index (χ3n) is 11.9. The van der Waals surface area contributed by atoms with Crippen molar-refractivity contribution in [3.05, 3.63) is 0 Å². The Hall–Kier alpha value is -1.10. The maximum Gasteiger partial charge on any atom is 0.341 e. The lowest BCUT2D eigenvalue weighted by atomic mass is 9.57. The van der Waals surface area contributed by atoms with Gasteiger partial charge in [-0.1, -0.05) is 0 Å². The maximum atomic E-state index is 14.1. The summed E-state index contributed by atoms with van der Waals surface area (Å²) in [4.78, 5) is 27.3. The van der Waals surface area contributed by atoms with Gasteiger partial charge in [0.25, 0.3) is 0 Å². The summed E-state index contributed by atoms with van der Waals surface area (Å²) >= 11 is 0. The van der Waals surface area contributed by atoms with Crippen molar-refractivity contribution in [3.63, 3.8) is 0 Å². The predicted octanol–water partition coefficient (Wildman–Crippen LogP) is 2.46. The van der Waals surface area contributed by atoms with Crippen molar-refractivity contribution >= 4 is 11.8 Å². The van der Waals surface area contributed by atoms with Crippen molar-refractivity contribution in [2.24, 2.45) is 41.2 Å². The number of aliphatic hydroxyl groups excluding tert-OH is 1. The van der Waals surface area contributed by atoms with Gasteiger partial charge in [0.2, 0.25) is 0 Å². The van der Waals surface area contributed by atoms with E-state index in [1.54, 1.807) is 0 Å². The van der Waals surface area contributed by atoms with Gasteiger partial charge >= 0.3 is 5.97 Å². The molecule has 4 N–H and O–H groups in total. The number of Topliss-reactive ketones (excluding diaryl/α,β-unsaturated/α-hetero) is 1. The van der Waals surface area contributed by atoms with Gasteiger partial charge in [-0.3, -0.25) is 4.79 Å². The van der Waals surface area contributed by atoms with Gasteiger partial charge in [0.15, 0.2) is 5.60 Å². The Morgan fingerprint density at radius 2 is 1.77 bits per heavy atom. The Bertz CT molecular complexity index is 1010. The fourth-order valence-corrected chi connectivity index (χ4v) is 10.0. The van der Waals surface area contributed by atoms with Crippen LogP contribution in [0.3, 0.4) is 0 Å². The first kappa shape index (κ1) is 27.7. The molecule has 0 aromatic carbocycles. The van der Waals surface area contributed by atoms with Gasteiger partial charge in [-0.15, -0.1) is 0 Å². The summed E-state index contributed by atoms with van der Waals surface area (Å²) in [5, 5.41) is 15.1. The van der Waals surface area contributed by atoms with E-state index in [0.717, 1.165) is 57.9 Å². The van der Waals surface area contributed by atoms with Crippen LogP contribution in [-0.4, -0.2) is 77.4 Å². The highest BCUT2D eigenvalue weighted by molar-refractivity contribution is 5.85. The van der Waals surface area contributed by atoms with Crippen molar-refractivity contribution in [1.29, 1.82) is 0 Å². The molecular weight excluding hydrogens is 512 g/mol. The highest BCUT2D eigenvalue weighted by atomic mass is 16.7. The minimum atomic E-state index is -0.861. The van der Waals surface area contributed by atoms with E-state index in [2.05, 4.69) is 5.32 Å². The Labute approximate surface area is 237 Å². The lowest BCUT2D eigenvalue weighted by molar-refractivity contribution is -0.284. The molecular formula is C31H48N2O7. The van der Waals surface area contributed by atoms with E-state index < -0.39 is 29.3 Å². The number of hydrogen-bond donors (Lipinski definition) is 3. The molecule has 2 saturated carbocycles. The Morgan fingerprint density at radius 1 is 1.00 bits per heavy atom. The maximum absolute atomic E-state index is 14.1. The van der Waals surface area contributed by atoms with E-state index in [0.29, 0.717) is 24.7 Å². The van der Waals surface area contributed by atoms with Crippen molar-refractivity contribution in [2.45, 2.75) is 139 Å². The monoisotopic (exact) mass is 560 g/mol. The first-order chi connectivity index (χ1) is 19.1. The second-order valence-corrected chi connectivity index (χ2v) is 14.7. The zero-order chi connectivity index (χ0) is 28.0. The number of nitrogens with two attached hydrogens (primary N) is 1. The number of ketones is 1. The number of rotatable bonds is 3. The fourth-order valence-electron chi connectivity index (χ4n) is 10.0. The highest BCUT2D eigenvalue weighted by Crippen LogP contribution is 2.59. The molecule has 0 aromatic rings. The van der Waals surface area contributed by atoms with Gasteiger partial charge in [0, 0.05) is 30.6 Å².